The van der Waals surface area contributed by atoms with E-state index in [1.807, 2.05) is 0 Å². The molecule has 0 bridgehead atoms. The molecule has 1 saturated carbocycles. The SMILES string of the molecule is C[C@@H]1CC2(CCCCC2)CN1C. The quantitative estimate of drug-likeness (QED) is 0.536. The van der Waals surface area contributed by atoms with E-state index in [0.29, 0.717) is 0 Å². The zero-order chi connectivity index (χ0) is 8.60. The van der Waals surface area contributed by atoms with Crippen LogP contribution in [0.5, 0.6) is 0 Å². The molecule has 0 unspecified atom stereocenters. The van der Waals surface area contributed by atoms with Crippen LogP contribution in [-0.2, 0) is 0 Å². The van der Waals surface area contributed by atoms with Crippen LogP contribution in [0, 0.1) is 5.41 Å². The van der Waals surface area contributed by atoms with Crippen LogP contribution in [0.25, 0.3) is 0 Å². The molecule has 1 spiro atoms. The van der Waals surface area contributed by atoms with E-state index in [2.05, 4.69) is 18.9 Å². The summed E-state index contributed by atoms with van der Waals surface area (Å²) in [5.74, 6) is 0. The number of hydrogen-bond acceptors (Lipinski definition) is 1. The highest BCUT2D eigenvalue weighted by Crippen LogP contribution is 2.45. The lowest BCUT2D eigenvalue weighted by atomic mass is 9.73. The van der Waals surface area contributed by atoms with Crippen LogP contribution >= 0.6 is 0 Å². The monoisotopic (exact) mass is 167 g/mol. The van der Waals surface area contributed by atoms with E-state index >= 15 is 0 Å². The van der Waals surface area contributed by atoms with Crippen molar-refractivity contribution in [1.29, 1.82) is 0 Å². The Kier molecular flexibility index (Phi) is 2.16. The van der Waals surface area contributed by atoms with E-state index < -0.39 is 0 Å². The van der Waals surface area contributed by atoms with Gasteiger partial charge in [0.05, 0.1) is 0 Å². The van der Waals surface area contributed by atoms with Gasteiger partial charge in [0.2, 0.25) is 0 Å². The van der Waals surface area contributed by atoms with Crippen molar-refractivity contribution >= 4 is 0 Å². The lowest BCUT2D eigenvalue weighted by Gasteiger charge is -2.32. The maximum atomic E-state index is 2.55. The molecular formula is C11H21N. The van der Waals surface area contributed by atoms with Crippen molar-refractivity contribution in [1.82, 2.24) is 4.90 Å². The van der Waals surface area contributed by atoms with E-state index in [0.717, 1.165) is 11.5 Å². The summed E-state index contributed by atoms with van der Waals surface area (Å²) in [4.78, 5) is 2.55. The van der Waals surface area contributed by atoms with Crippen LogP contribution in [-0.4, -0.2) is 24.5 Å². The summed E-state index contributed by atoms with van der Waals surface area (Å²) in [6, 6.07) is 0.836. The summed E-state index contributed by atoms with van der Waals surface area (Å²) in [7, 11) is 2.29. The summed E-state index contributed by atoms with van der Waals surface area (Å²) in [5.41, 5.74) is 0.742. The Morgan fingerprint density at radius 3 is 2.33 bits per heavy atom. The van der Waals surface area contributed by atoms with Crippen molar-refractivity contribution in [3.05, 3.63) is 0 Å². The smallest absolute Gasteiger partial charge is 0.00698 e. The Bertz CT molecular complexity index is 146. The highest BCUT2D eigenvalue weighted by atomic mass is 15.2. The van der Waals surface area contributed by atoms with Crippen LogP contribution in [0.3, 0.4) is 0 Å². The molecule has 1 aliphatic carbocycles. The van der Waals surface area contributed by atoms with Gasteiger partial charge < -0.3 is 4.90 Å². The van der Waals surface area contributed by atoms with Gasteiger partial charge in [0.15, 0.2) is 0 Å². The van der Waals surface area contributed by atoms with Gasteiger partial charge in [-0.1, -0.05) is 19.3 Å². The van der Waals surface area contributed by atoms with Gasteiger partial charge in [-0.3, -0.25) is 0 Å². The lowest BCUT2D eigenvalue weighted by Crippen LogP contribution is -2.27. The van der Waals surface area contributed by atoms with Crippen LogP contribution in [0.1, 0.15) is 45.4 Å². The molecule has 1 saturated heterocycles. The van der Waals surface area contributed by atoms with Gasteiger partial charge in [-0.05, 0) is 38.6 Å². The van der Waals surface area contributed by atoms with Gasteiger partial charge >= 0.3 is 0 Å². The normalized spacial score (nSPS) is 36.0. The number of nitrogens with zero attached hydrogens (tertiary/aromatic N) is 1. The molecule has 0 N–H and O–H groups in total. The molecule has 1 heteroatoms. The second kappa shape index (κ2) is 3.02. The average Bonchev–Trinajstić information content (AvgIpc) is 2.29. The van der Waals surface area contributed by atoms with Crippen LogP contribution in [0.4, 0.5) is 0 Å². The van der Waals surface area contributed by atoms with Gasteiger partial charge in [-0.15, -0.1) is 0 Å². The van der Waals surface area contributed by atoms with Gasteiger partial charge in [0.1, 0.15) is 0 Å². The summed E-state index contributed by atoms with van der Waals surface area (Å²) >= 11 is 0. The van der Waals surface area contributed by atoms with E-state index in [1.165, 1.54) is 45.1 Å². The number of rotatable bonds is 0. The molecule has 70 valence electrons. The lowest BCUT2D eigenvalue weighted by molar-refractivity contribution is 0.195. The number of hydrogen-bond donors (Lipinski definition) is 0. The molecule has 0 aromatic rings. The van der Waals surface area contributed by atoms with Crippen LogP contribution < -0.4 is 0 Å². The van der Waals surface area contributed by atoms with Crippen molar-refractivity contribution in [3.8, 4) is 0 Å². The standard InChI is InChI=1S/C11H21N/c1-10-8-11(9-12(10)2)6-4-3-5-7-11/h10H,3-9H2,1-2H3/t10-/m1/s1. The van der Waals surface area contributed by atoms with Gasteiger partial charge in [0.25, 0.3) is 0 Å². The van der Waals surface area contributed by atoms with E-state index in [9.17, 15) is 0 Å². The zero-order valence-electron chi connectivity index (χ0n) is 8.47. The molecular weight excluding hydrogens is 146 g/mol. The predicted octanol–water partition coefficient (Wildman–Crippen LogP) is 2.66. The topological polar surface area (TPSA) is 3.24 Å². The maximum absolute atomic E-state index is 2.55. The Morgan fingerprint density at radius 1 is 1.17 bits per heavy atom. The van der Waals surface area contributed by atoms with Crippen molar-refractivity contribution in [2.75, 3.05) is 13.6 Å². The van der Waals surface area contributed by atoms with Gasteiger partial charge in [-0.2, -0.15) is 0 Å². The minimum absolute atomic E-state index is 0.742. The fourth-order valence-electron chi connectivity index (χ4n) is 3.20. The first-order valence-corrected chi connectivity index (χ1v) is 5.42. The Labute approximate surface area is 76.1 Å². The Balaban J connectivity index is 2.02. The highest BCUT2D eigenvalue weighted by molar-refractivity contribution is 4.94. The second-order valence-electron chi connectivity index (χ2n) is 5.03. The molecule has 1 nitrogen and oxygen atoms in total. The maximum Gasteiger partial charge on any atom is 0.00698 e. The minimum atomic E-state index is 0.742. The first kappa shape index (κ1) is 8.55. The van der Waals surface area contributed by atoms with Gasteiger partial charge in [0, 0.05) is 12.6 Å². The summed E-state index contributed by atoms with van der Waals surface area (Å²) in [6.45, 7) is 3.75. The average molecular weight is 167 g/mol. The summed E-state index contributed by atoms with van der Waals surface area (Å²) < 4.78 is 0. The van der Waals surface area contributed by atoms with Crippen molar-refractivity contribution in [2.24, 2.45) is 5.41 Å². The predicted molar refractivity (Wildman–Crippen MR) is 52.2 cm³/mol. The van der Waals surface area contributed by atoms with Crippen molar-refractivity contribution in [2.45, 2.75) is 51.5 Å². The number of likely N-dealkylation sites (tertiary alicyclic amines) is 1. The third kappa shape index (κ3) is 1.39. The molecule has 1 atom stereocenters. The molecule has 0 aromatic heterocycles. The molecule has 1 aliphatic heterocycles. The van der Waals surface area contributed by atoms with E-state index in [1.54, 1.807) is 0 Å². The van der Waals surface area contributed by atoms with Crippen molar-refractivity contribution < 1.29 is 0 Å². The first-order valence-electron chi connectivity index (χ1n) is 5.42. The van der Waals surface area contributed by atoms with Crippen LogP contribution in [0.15, 0.2) is 0 Å². The molecule has 0 radical (unpaired) electrons. The van der Waals surface area contributed by atoms with Crippen LogP contribution in [0.2, 0.25) is 0 Å². The molecule has 2 rings (SSSR count). The fraction of sp³-hybridized carbons (Fsp3) is 1.00. The van der Waals surface area contributed by atoms with E-state index in [-0.39, 0.29) is 0 Å². The highest BCUT2D eigenvalue weighted by Gasteiger charge is 2.40. The first-order chi connectivity index (χ1) is 5.72. The fourth-order valence-corrected chi connectivity index (χ4v) is 3.20. The van der Waals surface area contributed by atoms with E-state index in [4.69, 9.17) is 0 Å². The molecule has 2 aliphatic rings. The Morgan fingerprint density at radius 2 is 1.83 bits per heavy atom. The van der Waals surface area contributed by atoms with Gasteiger partial charge in [-0.25, -0.2) is 0 Å². The third-order valence-corrected chi connectivity index (χ3v) is 3.98. The van der Waals surface area contributed by atoms with Crippen molar-refractivity contribution in [3.63, 3.8) is 0 Å². The molecule has 0 amide bonds. The third-order valence-electron chi connectivity index (χ3n) is 3.98. The molecule has 2 fully saturated rings. The second-order valence-corrected chi connectivity index (χ2v) is 5.03. The molecule has 0 aromatic carbocycles. The molecule has 1 heterocycles. The zero-order valence-corrected chi connectivity index (χ0v) is 8.47. The summed E-state index contributed by atoms with van der Waals surface area (Å²) in [5, 5.41) is 0. The summed E-state index contributed by atoms with van der Waals surface area (Å²) in [6.07, 6.45) is 8.92. The molecule has 12 heavy (non-hydrogen) atoms. The minimum Gasteiger partial charge on any atom is -0.303 e. The largest absolute Gasteiger partial charge is 0.303 e. The Hall–Kier alpha value is -0.0400.